The molecule has 0 radical (unpaired) electrons. The summed E-state index contributed by atoms with van der Waals surface area (Å²) in [7, 11) is 0. The second-order valence-corrected chi connectivity index (χ2v) is 6.88. The number of hydrogen-bond donors (Lipinski definition) is 2. The van der Waals surface area contributed by atoms with Gasteiger partial charge in [-0.05, 0) is 30.7 Å². The van der Waals surface area contributed by atoms with Crippen LogP contribution in [-0.2, 0) is 24.2 Å². The summed E-state index contributed by atoms with van der Waals surface area (Å²) in [6.07, 6.45) is 1.14. The summed E-state index contributed by atoms with van der Waals surface area (Å²) < 4.78 is 0. The van der Waals surface area contributed by atoms with Gasteiger partial charge in [-0.25, -0.2) is 4.79 Å². The summed E-state index contributed by atoms with van der Waals surface area (Å²) in [5, 5.41) is 10.1. The Bertz CT molecular complexity index is 1000. The van der Waals surface area contributed by atoms with Gasteiger partial charge in [0.2, 0.25) is 5.91 Å². The summed E-state index contributed by atoms with van der Waals surface area (Å²) in [4.78, 5) is 29.2. The molecular weight excluding hydrogens is 328 g/mol. The highest BCUT2D eigenvalue weighted by molar-refractivity contribution is 5.95. The Hall–Kier alpha value is -3.08. The molecule has 0 fully saturated rings. The first-order valence-corrected chi connectivity index (χ1v) is 8.71. The summed E-state index contributed by atoms with van der Waals surface area (Å²) in [6, 6.07) is 13.1. The molecule has 132 valence electrons. The molecule has 0 saturated carbocycles. The lowest BCUT2D eigenvalue weighted by Crippen LogP contribution is -2.36. The third-order valence-electron chi connectivity index (χ3n) is 5.05. The van der Waals surface area contributed by atoms with Gasteiger partial charge in [0, 0.05) is 41.7 Å². The third kappa shape index (κ3) is 2.96. The number of aromatic nitrogens is 1. The molecule has 4 rings (SSSR count). The standard InChI is InChI=1S/C21H20N2O3/c1-13-2-4-14(5-3-13)10-20(24)23-9-8-19-17(12-23)16-11-15(21(25)26)6-7-18(16)22-19/h2-7,11,22H,8-10,12H2,1H3,(H,25,26). The fourth-order valence-electron chi connectivity index (χ4n) is 3.55. The van der Waals surface area contributed by atoms with Crippen molar-refractivity contribution < 1.29 is 14.7 Å². The maximum atomic E-state index is 12.7. The number of rotatable bonds is 3. The lowest BCUT2D eigenvalue weighted by Gasteiger charge is -2.27. The van der Waals surface area contributed by atoms with E-state index in [0.717, 1.165) is 34.1 Å². The molecular formula is C21H20N2O3. The molecule has 5 nitrogen and oxygen atoms in total. The lowest BCUT2D eigenvalue weighted by atomic mass is 10.0. The van der Waals surface area contributed by atoms with Gasteiger partial charge < -0.3 is 15.0 Å². The Morgan fingerprint density at radius 3 is 2.65 bits per heavy atom. The Kier molecular flexibility index (Phi) is 3.99. The van der Waals surface area contributed by atoms with Crippen molar-refractivity contribution in [1.29, 1.82) is 0 Å². The fourth-order valence-corrected chi connectivity index (χ4v) is 3.55. The zero-order valence-electron chi connectivity index (χ0n) is 14.6. The van der Waals surface area contributed by atoms with Gasteiger partial charge in [-0.1, -0.05) is 29.8 Å². The molecule has 1 amide bonds. The number of carboxylic acids is 1. The maximum absolute atomic E-state index is 12.7. The van der Waals surface area contributed by atoms with Crippen molar-refractivity contribution in [2.75, 3.05) is 6.54 Å². The topological polar surface area (TPSA) is 73.4 Å². The van der Waals surface area contributed by atoms with E-state index in [1.54, 1.807) is 18.2 Å². The highest BCUT2D eigenvalue weighted by Gasteiger charge is 2.24. The van der Waals surface area contributed by atoms with Gasteiger partial charge in [0.25, 0.3) is 0 Å². The number of nitrogens with zero attached hydrogens (tertiary/aromatic N) is 1. The minimum atomic E-state index is -0.940. The van der Waals surface area contributed by atoms with Crippen molar-refractivity contribution in [3.8, 4) is 0 Å². The molecule has 0 aliphatic carbocycles. The maximum Gasteiger partial charge on any atom is 0.335 e. The molecule has 2 aromatic carbocycles. The SMILES string of the molecule is Cc1ccc(CC(=O)N2CCc3[nH]c4ccc(C(=O)O)cc4c3C2)cc1. The van der Waals surface area contributed by atoms with Crippen LogP contribution < -0.4 is 0 Å². The molecule has 1 aliphatic heterocycles. The van der Waals surface area contributed by atoms with E-state index in [-0.39, 0.29) is 11.5 Å². The molecule has 26 heavy (non-hydrogen) atoms. The fraction of sp³-hybridized carbons (Fsp3) is 0.238. The molecule has 3 aromatic rings. The van der Waals surface area contributed by atoms with Crippen LogP contribution in [0.5, 0.6) is 0 Å². The first kappa shape index (κ1) is 16.4. The number of fused-ring (bicyclic) bond motifs is 3. The van der Waals surface area contributed by atoms with Crippen LogP contribution in [0.1, 0.15) is 32.7 Å². The number of carbonyl (C=O) groups excluding carboxylic acids is 1. The number of carbonyl (C=O) groups is 2. The Balaban J connectivity index is 1.59. The molecule has 2 heterocycles. The summed E-state index contributed by atoms with van der Waals surface area (Å²) in [5.41, 5.74) is 5.51. The van der Waals surface area contributed by atoms with Gasteiger partial charge in [-0.3, -0.25) is 4.79 Å². The second-order valence-electron chi connectivity index (χ2n) is 6.88. The van der Waals surface area contributed by atoms with Crippen molar-refractivity contribution in [3.63, 3.8) is 0 Å². The van der Waals surface area contributed by atoms with E-state index in [9.17, 15) is 14.7 Å². The molecule has 2 N–H and O–H groups in total. The summed E-state index contributed by atoms with van der Waals surface area (Å²) in [5.74, 6) is -0.840. The van der Waals surface area contributed by atoms with Gasteiger partial charge in [0.1, 0.15) is 0 Å². The largest absolute Gasteiger partial charge is 0.478 e. The van der Waals surface area contributed by atoms with E-state index in [1.165, 1.54) is 5.56 Å². The van der Waals surface area contributed by atoms with Crippen molar-refractivity contribution in [2.24, 2.45) is 0 Å². The first-order chi connectivity index (χ1) is 12.5. The number of nitrogens with one attached hydrogen (secondary N) is 1. The lowest BCUT2D eigenvalue weighted by molar-refractivity contribution is -0.131. The molecule has 5 heteroatoms. The number of aromatic amines is 1. The molecule has 1 aromatic heterocycles. The van der Waals surface area contributed by atoms with E-state index in [1.807, 2.05) is 36.1 Å². The van der Waals surface area contributed by atoms with E-state index in [4.69, 9.17) is 0 Å². The smallest absolute Gasteiger partial charge is 0.335 e. The second kappa shape index (κ2) is 6.33. The van der Waals surface area contributed by atoms with Crippen LogP contribution in [0.25, 0.3) is 10.9 Å². The van der Waals surface area contributed by atoms with E-state index in [2.05, 4.69) is 4.98 Å². The zero-order chi connectivity index (χ0) is 18.3. The number of amides is 1. The number of benzene rings is 2. The number of aromatic carboxylic acids is 1. The van der Waals surface area contributed by atoms with Crippen molar-refractivity contribution in [1.82, 2.24) is 9.88 Å². The van der Waals surface area contributed by atoms with Crippen LogP contribution in [0.4, 0.5) is 0 Å². The van der Waals surface area contributed by atoms with Crippen molar-refractivity contribution in [3.05, 3.63) is 70.4 Å². The monoisotopic (exact) mass is 348 g/mol. The molecule has 0 unspecified atom stereocenters. The summed E-state index contributed by atoms with van der Waals surface area (Å²) in [6.45, 7) is 3.22. The van der Waals surface area contributed by atoms with Gasteiger partial charge in [0.05, 0.1) is 12.0 Å². The molecule has 0 bridgehead atoms. The van der Waals surface area contributed by atoms with Gasteiger partial charge in [-0.2, -0.15) is 0 Å². The average molecular weight is 348 g/mol. The molecule has 0 atom stereocenters. The highest BCUT2D eigenvalue weighted by atomic mass is 16.4. The zero-order valence-corrected chi connectivity index (χ0v) is 14.6. The van der Waals surface area contributed by atoms with Crippen LogP contribution in [0.3, 0.4) is 0 Å². The summed E-state index contributed by atoms with van der Waals surface area (Å²) >= 11 is 0. The Labute approximate surface area is 151 Å². The van der Waals surface area contributed by atoms with Crippen LogP contribution in [0.15, 0.2) is 42.5 Å². The van der Waals surface area contributed by atoms with Crippen molar-refractivity contribution >= 4 is 22.8 Å². The van der Waals surface area contributed by atoms with Gasteiger partial charge in [-0.15, -0.1) is 0 Å². The average Bonchev–Trinajstić information content (AvgIpc) is 3.00. The quantitative estimate of drug-likeness (QED) is 0.763. The molecule has 0 spiro atoms. The molecule has 1 aliphatic rings. The predicted octanol–water partition coefficient (Wildman–Crippen LogP) is 3.30. The van der Waals surface area contributed by atoms with E-state index in [0.29, 0.717) is 19.5 Å². The van der Waals surface area contributed by atoms with Crippen LogP contribution in [0.2, 0.25) is 0 Å². The van der Waals surface area contributed by atoms with Crippen LogP contribution >= 0.6 is 0 Å². The number of aryl methyl sites for hydroxylation is 1. The third-order valence-corrected chi connectivity index (χ3v) is 5.05. The van der Waals surface area contributed by atoms with Crippen LogP contribution in [-0.4, -0.2) is 33.4 Å². The predicted molar refractivity (Wildman–Crippen MR) is 99.3 cm³/mol. The number of carboxylic acid groups (broad SMARTS) is 1. The Morgan fingerprint density at radius 1 is 1.15 bits per heavy atom. The van der Waals surface area contributed by atoms with Crippen LogP contribution in [0, 0.1) is 6.92 Å². The van der Waals surface area contributed by atoms with Gasteiger partial charge >= 0.3 is 5.97 Å². The normalized spacial score (nSPS) is 13.7. The van der Waals surface area contributed by atoms with E-state index >= 15 is 0 Å². The first-order valence-electron chi connectivity index (χ1n) is 8.71. The molecule has 0 saturated heterocycles. The number of H-pyrrole nitrogens is 1. The Morgan fingerprint density at radius 2 is 1.92 bits per heavy atom. The minimum absolute atomic E-state index is 0.100. The van der Waals surface area contributed by atoms with E-state index < -0.39 is 5.97 Å². The highest BCUT2D eigenvalue weighted by Crippen LogP contribution is 2.29. The minimum Gasteiger partial charge on any atom is -0.478 e. The van der Waals surface area contributed by atoms with Crippen molar-refractivity contribution in [2.45, 2.75) is 26.3 Å². The van der Waals surface area contributed by atoms with Gasteiger partial charge in [0.15, 0.2) is 0 Å². The number of hydrogen-bond acceptors (Lipinski definition) is 2.